The third kappa shape index (κ3) is 3.63. The van der Waals surface area contributed by atoms with Crippen LogP contribution in [0.2, 0.25) is 0 Å². The first-order valence-electron chi connectivity index (χ1n) is 10.3. The first kappa shape index (κ1) is 20.0. The summed E-state index contributed by atoms with van der Waals surface area (Å²) in [6, 6.07) is 16.0. The van der Waals surface area contributed by atoms with Crippen LogP contribution in [0, 0.1) is 6.92 Å². The Kier molecular flexibility index (Phi) is 5.16. The van der Waals surface area contributed by atoms with E-state index >= 15 is 0 Å². The molecule has 0 atom stereocenters. The molecule has 9 heteroatoms. The van der Waals surface area contributed by atoms with Crippen LogP contribution in [0.1, 0.15) is 29.1 Å². The van der Waals surface area contributed by atoms with E-state index in [0.717, 1.165) is 33.5 Å². The minimum Gasteiger partial charge on any atom is -0.388 e. The lowest BCUT2D eigenvalue weighted by molar-refractivity contribution is -0.119. The molecule has 0 saturated heterocycles. The van der Waals surface area contributed by atoms with Crippen molar-refractivity contribution in [1.29, 1.82) is 0 Å². The van der Waals surface area contributed by atoms with Crippen LogP contribution in [0.3, 0.4) is 0 Å². The Morgan fingerprint density at radius 2 is 1.81 bits per heavy atom. The molecule has 2 aromatic carbocycles. The molecule has 2 N–H and O–H groups in total. The number of benzene rings is 2. The SMILES string of the molecule is Cc1nc(CO)nc2c1CCC(=O)N2Cc1ccc(-c2ccccc2-c2nnn[nH]2)cc1. The predicted octanol–water partition coefficient (Wildman–Crippen LogP) is 2.60. The molecule has 0 aliphatic carbocycles. The first-order chi connectivity index (χ1) is 15.6. The van der Waals surface area contributed by atoms with E-state index in [1.54, 1.807) is 4.90 Å². The third-order valence-corrected chi connectivity index (χ3v) is 5.66. The van der Waals surface area contributed by atoms with Crippen molar-refractivity contribution in [1.82, 2.24) is 30.6 Å². The molecule has 9 nitrogen and oxygen atoms in total. The van der Waals surface area contributed by atoms with Gasteiger partial charge in [0.25, 0.3) is 0 Å². The maximum absolute atomic E-state index is 12.7. The number of nitrogens with one attached hydrogen (secondary N) is 1. The van der Waals surface area contributed by atoms with Crippen molar-refractivity contribution in [2.45, 2.75) is 32.9 Å². The van der Waals surface area contributed by atoms with Crippen LogP contribution in [-0.2, 0) is 24.4 Å². The second-order valence-corrected chi connectivity index (χ2v) is 7.66. The first-order valence-corrected chi connectivity index (χ1v) is 10.3. The molecule has 0 bridgehead atoms. The number of aromatic nitrogens is 6. The Hall–Kier alpha value is -3.98. The zero-order chi connectivity index (χ0) is 22.1. The summed E-state index contributed by atoms with van der Waals surface area (Å²) in [6.07, 6.45) is 1.04. The maximum atomic E-state index is 12.7. The van der Waals surface area contributed by atoms with Crippen molar-refractivity contribution >= 4 is 11.7 Å². The van der Waals surface area contributed by atoms with Crippen LogP contribution in [0.5, 0.6) is 0 Å². The van der Waals surface area contributed by atoms with E-state index in [9.17, 15) is 9.90 Å². The highest BCUT2D eigenvalue weighted by Gasteiger charge is 2.28. The fraction of sp³-hybridized carbons (Fsp3) is 0.217. The molecule has 1 amide bonds. The molecule has 0 unspecified atom stereocenters. The van der Waals surface area contributed by atoms with E-state index < -0.39 is 0 Å². The van der Waals surface area contributed by atoms with Gasteiger partial charge in [-0.3, -0.25) is 9.69 Å². The summed E-state index contributed by atoms with van der Waals surface area (Å²) in [4.78, 5) is 23.2. The molecule has 2 aromatic heterocycles. The van der Waals surface area contributed by atoms with Crippen LogP contribution >= 0.6 is 0 Å². The molecular formula is C23H21N7O2. The summed E-state index contributed by atoms with van der Waals surface area (Å²) in [5, 5.41) is 23.7. The zero-order valence-electron chi connectivity index (χ0n) is 17.5. The van der Waals surface area contributed by atoms with Gasteiger partial charge in [0.1, 0.15) is 12.4 Å². The van der Waals surface area contributed by atoms with Gasteiger partial charge in [-0.05, 0) is 40.5 Å². The van der Waals surface area contributed by atoms with Gasteiger partial charge in [-0.25, -0.2) is 15.1 Å². The summed E-state index contributed by atoms with van der Waals surface area (Å²) in [5.74, 6) is 1.56. The predicted molar refractivity (Wildman–Crippen MR) is 117 cm³/mol. The normalized spacial score (nSPS) is 13.3. The number of H-pyrrole nitrogens is 1. The number of aryl methyl sites for hydroxylation is 1. The Labute approximate surface area is 184 Å². The number of hydrogen-bond acceptors (Lipinski definition) is 7. The number of hydrogen-bond donors (Lipinski definition) is 2. The lowest BCUT2D eigenvalue weighted by atomic mass is 9.98. The van der Waals surface area contributed by atoms with Crippen molar-refractivity contribution in [3.8, 4) is 22.5 Å². The van der Waals surface area contributed by atoms with Gasteiger partial charge in [0.2, 0.25) is 5.91 Å². The molecule has 0 spiro atoms. The van der Waals surface area contributed by atoms with Crippen molar-refractivity contribution < 1.29 is 9.90 Å². The summed E-state index contributed by atoms with van der Waals surface area (Å²) < 4.78 is 0. The average molecular weight is 427 g/mol. The third-order valence-electron chi connectivity index (χ3n) is 5.66. The quantitative estimate of drug-likeness (QED) is 0.502. The van der Waals surface area contributed by atoms with Crippen molar-refractivity contribution in [2.24, 2.45) is 0 Å². The molecule has 0 radical (unpaired) electrons. The topological polar surface area (TPSA) is 121 Å². The van der Waals surface area contributed by atoms with E-state index in [4.69, 9.17) is 0 Å². The summed E-state index contributed by atoms with van der Waals surface area (Å²) in [6.45, 7) is 2.04. The molecule has 1 aliphatic rings. The summed E-state index contributed by atoms with van der Waals surface area (Å²) in [5.41, 5.74) is 5.70. The minimum atomic E-state index is -0.259. The monoisotopic (exact) mass is 427 g/mol. The van der Waals surface area contributed by atoms with Crippen molar-refractivity contribution in [3.05, 3.63) is 71.2 Å². The number of aromatic amines is 1. The molecule has 4 aromatic rings. The van der Waals surface area contributed by atoms with Crippen LogP contribution in [0.4, 0.5) is 5.82 Å². The van der Waals surface area contributed by atoms with E-state index in [1.165, 1.54) is 0 Å². The van der Waals surface area contributed by atoms with Gasteiger partial charge in [-0.15, -0.1) is 5.10 Å². The number of anilines is 1. The molecule has 1 aliphatic heterocycles. The standard InChI is InChI=1S/C23H21N7O2/c1-14-17-10-11-21(32)30(23(17)25-20(13-31)24-14)12-15-6-8-16(9-7-15)18-4-2-3-5-19(18)22-26-28-29-27-22/h2-9,31H,10-13H2,1H3,(H,26,27,28,29). The number of aliphatic hydroxyl groups excluding tert-OH is 1. The summed E-state index contributed by atoms with van der Waals surface area (Å²) >= 11 is 0. The number of rotatable bonds is 5. The maximum Gasteiger partial charge on any atom is 0.228 e. The Morgan fingerprint density at radius 1 is 1.03 bits per heavy atom. The zero-order valence-corrected chi connectivity index (χ0v) is 17.5. The van der Waals surface area contributed by atoms with Gasteiger partial charge in [-0.1, -0.05) is 48.5 Å². The number of fused-ring (bicyclic) bond motifs is 1. The smallest absolute Gasteiger partial charge is 0.228 e. The van der Waals surface area contributed by atoms with Crippen molar-refractivity contribution in [2.75, 3.05) is 4.90 Å². The molecule has 3 heterocycles. The van der Waals surface area contributed by atoms with Gasteiger partial charge in [0.15, 0.2) is 11.6 Å². The minimum absolute atomic E-state index is 0.0201. The van der Waals surface area contributed by atoms with Gasteiger partial charge in [0.05, 0.1) is 6.54 Å². The van der Waals surface area contributed by atoms with Crippen LogP contribution in [0.25, 0.3) is 22.5 Å². The fourth-order valence-corrected chi connectivity index (χ4v) is 4.06. The highest BCUT2D eigenvalue weighted by Crippen LogP contribution is 2.32. The molecule has 32 heavy (non-hydrogen) atoms. The van der Waals surface area contributed by atoms with Gasteiger partial charge in [0, 0.05) is 23.2 Å². The Balaban J connectivity index is 1.45. The number of nitrogens with zero attached hydrogens (tertiary/aromatic N) is 6. The molecule has 160 valence electrons. The lowest BCUT2D eigenvalue weighted by Gasteiger charge is -2.29. The van der Waals surface area contributed by atoms with E-state index in [0.29, 0.717) is 36.9 Å². The summed E-state index contributed by atoms with van der Waals surface area (Å²) in [7, 11) is 0. The van der Waals surface area contributed by atoms with E-state index in [-0.39, 0.29) is 12.5 Å². The van der Waals surface area contributed by atoms with E-state index in [1.807, 2.05) is 55.5 Å². The Morgan fingerprint density at radius 3 is 2.53 bits per heavy atom. The lowest BCUT2D eigenvalue weighted by Crippen LogP contribution is -2.36. The van der Waals surface area contributed by atoms with Crippen LogP contribution in [-0.4, -0.2) is 41.6 Å². The van der Waals surface area contributed by atoms with E-state index in [2.05, 4.69) is 30.6 Å². The second kappa shape index (κ2) is 8.27. The number of tetrazole rings is 1. The second-order valence-electron chi connectivity index (χ2n) is 7.66. The fourth-order valence-electron chi connectivity index (χ4n) is 4.06. The molecule has 5 rings (SSSR count). The highest BCUT2D eigenvalue weighted by molar-refractivity contribution is 5.95. The molecular weight excluding hydrogens is 406 g/mol. The number of carbonyl (C=O) groups excluding carboxylic acids is 1. The van der Waals surface area contributed by atoms with Crippen LogP contribution < -0.4 is 4.90 Å². The largest absolute Gasteiger partial charge is 0.388 e. The number of carbonyl (C=O) groups is 1. The van der Waals surface area contributed by atoms with Crippen LogP contribution in [0.15, 0.2) is 48.5 Å². The molecule has 0 fully saturated rings. The molecule has 0 saturated carbocycles. The number of aliphatic hydroxyl groups is 1. The van der Waals surface area contributed by atoms with Gasteiger partial charge < -0.3 is 5.11 Å². The Bertz CT molecular complexity index is 1270. The van der Waals surface area contributed by atoms with Gasteiger partial charge in [-0.2, -0.15) is 0 Å². The van der Waals surface area contributed by atoms with Crippen molar-refractivity contribution in [3.63, 3.8) is 0 Å². The number of amides is 1. The average Bonchev–Trinajstić information content (AvgIpc) is 3.36. The van der Waals surface area contributed by atoms with Gasteiger partial charge >= 0.3 is 0 Å². The highest BCUT2D eigenvalue weighted by atomic mass is 16.3.